The first-order valence-corrected chi connectivity index (χ1v) is 9.95. The van der Waals surface area contributed by atoms with Gasteiger partial charge < -0.3 is 4.90 Å². The van der Waals surface area contributed by atoms with E-state index in [1.54, 1.807) is 22.3 Å². The molecule has 2 heterocycles. The zero-order valence-corrected chi connectivity index (χ0v) is 15.1. The topological polar surface area (TPSA) is 20.3 Å². The van der Waals surface area contributed by atoms with E-state index < -0.39 is 11.7 Å². The highest BCUT2D eigenvalue weighted by Gasteiger charge is 2.30. The first-order chi connectivity index (χ1) is 11.9. The van der Waals surface area contributed by atoms with Crippen molar-refractivity contribution in [3.8, 4) is 0 Å². The van der Waals surface area contributed by atoms with Crippen molar-refractivity contribution in [1.29, 1.82) is 0 Å². The first-order valence-electron chi connectivity index (χ1n) is 8.02. The number of thiophene rings is 1. The molecule has 0 aliphatic carbocycles. The summed E-state index contributed by atoms with van der Waals surface area (Å²) in [6.07, 6.45) is -3.50. The number of carbonyl (C=O) groups excluding carboxylic acids is 1. The minimum absolute atomic E-state index is 0.0122. The fourth-order valence-corrected chi connectivity index (χ4v) is 5.10. The summed E-state index contributed by atoms with van der Waals surface area (Å²) in [5.41, 5.74) is -0.298. The van der Waals surface area contributed by atoms with Gasteiger partial charge in [0.1, 0.15) is 0 Å². The highest BCUT2D eigenvalue weighted by molar-refractivity contribution is 7.99. The molecule has 0 unspecified atom stereocenters. The molecule has 1 aliphatic heterocycles. The van der Waals surface area contributed by atoms with Crippen LogP contribution in [0, 0.1) is 0 Å². The van der Waals surface area contributed by atoms with Gasteiger partial charge in [-0.15, -0.1) is 11.3 Å². The molecule has 1 fully saturated rings. The molecule has 1 aromatic heterocycles. The van der Waals surface area contributed by atoms with Gasteiger partial charge >= 0.3 is 6.18 Å². The number of hydrogen-bond donors (Lipinski definition) is 0. The molecule has 0 bridgehead atoms. The van der Waals surface area contributed by atoms with Crippen LogP contribution in [0.25, 0.3) is 0 Å². The summed E-state index contributed by atoms with van der Waals surface area (Å²) in [5, 5.41) is 2.45. The van der Waals surface area contributed by atoms with Crippen molar-refractivity contribution in [3.63, 3.8) is 0 Å². The van der Waals surface area contributed by atoms with Gasteiger partial charge in [0.25, 0.3) is 0 Å². The number of nitrogens with zero attached hydrogens (tertiary/aromatic N) is 1. The Morgan fingerprint density at radius 3 is 2.76 bits per heavy atom. The van der Waals surface area contributed by atoms with Gasteiger partial charge in [-0.05, 0) is 29.5 Å². The fraction of sp³-hybridized carbons (Fsp3) is 0.389. The molecule has 7 heteroatoms. The third-order valence-electron chi connectivity index (χ3n) is 4.16. The van der Waals surface area contributed by atoms with Gasteiger partial charge in [0, 0.05) is 29.0 Å². The lowest BCUT2D eigenvalue weighted by Crippen LogP contribution is -2.34. The van der Waals surface area contributed by atoms with Crippen molar-refractivity contribution in [2.24, 2.45) is 0 Å². The van der Waals surface area contributed by atoms with Crippen LogP contribution in [0.1, 0.15) is 27.7 Å². The van der Waals surface area contributed by atoms with Crippen molar-refractivity contribution in [3.05, 3.63) is 57.8 Å². The van der Waals surface area contributed by atoms with Gasteiger partial charge in [0.2, 0.25) is 5.91 Å². The van der Waals surface area contributed by atoms with Crippen LogP contribution in [0.2, 0.25) is 0 Å². The van der Waals surface area contributed by atoms with Crippen LogP contribution in [0.4, 0.5) is 13.2 Å². The normalized spacial score (nSPS) is 18.8. The largest absolute Gasteiger partial charge is 0.416 e. The lowest BCUT2D eigenvalue weighted by Gasteiger charge is -2.20. The van der Waals surface area contributed by atoms with Crippen LogP contribution in [0.5, 0.6) is 0 Å². The number of amides is 1. The Kier molecular flexibility index (Phi) is 5.74. The standard InChI is InChI=1S/C18H18F3NOS2/c19-18(20,21)14-4-1-3-13(11-14)12-17(23)22-7-6-16(25-10-8-22)15-5-2-9-24-15/h1-5,9,11,16H,6-8,10,12H2/t16-/m1/s1. The van der Waals surface area contributed by atoms with Crippen LogP contribution in [0.15, 0.2) is 41.8 Å². The first kappa shape index (κ1) is 18.3. The van der Waals surface area contributed by atoms with Crippen molar-refractivity contribution in [2.75, 3.05) is 18.8 Å². The van der Waals surface area contributed by atoms with Gasteiger partial charge in [-0.25, -0.2) is 0 Å². The Balaban J connectivity index is 1.62. The molecular formula is C18H18F3NOS2. The Morgan fingerprint density at radius 1 is 1.20 bits per heavy atom. The summed E-state index contributed by atoms with van der Waals surface area (Å²) in [4.78, 5) is 15.6. The summed E-state index contributed by atoms with van der Waals surface area (Å²) in [6, 6.07) is 9.18. The van der Waals surface area contributed by atoms with Gasteiger partial charge in [-0.2, -0.15) is 24.9 Å². The maximum atomic E-state index is 12.8. The molecule has 2 aromatic rings. The summed E-state index contributed by atoms with van der Waals surface area (Å²) in [6.45, 7) is 1.29. The zero-order valence-electron chi connectivity index (χ0n) is 13.5. The average Bonchev–Trinajstić information content (AvgIpc) is 2.99. The van der Waals surface area contributed by atoms with E-state index in [4.69, 9.17) is 0 Å². The van der Waals surface area contributed by atoms with E-state index in [1.165, 1.54) is 10.9 Å². The van der Waals surface area contributed by atoms with Crippen LogP contribution >= 0.6 is 23.1 Å². The second-order valence-corrected chi connectivity index (χ2v) is 8.21. The second kappa shape index (κ2) is 7.83. The maximum Gasteiger partial charge on any atom is 0.416 e. The quantitative estimate of drug-likeness (QED) is 0.740. The SMILES string of the molecule is O=C(Cc1cccc(C(F)(F)F)c1)N1CCS[C@@H](c2cccs2)CC1. The smallest absolute Gasteiger partial charge is 0.342 e. The monoisotopic (exact) mass is 385 g/mol. The molecule has 3 rings (SSSR count). The molecule has 0 radical (unpaired) electrons. The van der Waals surface area contributed by atoms with Gasteiger partial charge in [0.05, 0.1) is 12.0 Å². The van der Waals surface area contributed by atoms with E-state index in [0.717, 1.165) is 24.3 Å². The lowest BCUT2D eigenvalue weighted by molar-refractivity contribution is -0.138. The number of benzene rings is 1. The summed E-state index contributed by atoms with van der Waals surface area (Å²) >= 11 is 3.57. The molecule has 1 aromatic carbocycles. The molecule has 1 atom stereocenters. The molecule has 25 heavy (non-hydrogen) atoms. The number of carbonyl (C=O) groups is 1. The van der Waals surface area contributed by atoms with Gasteiger partial charge in [-0.3, -0.25) is 4.79 Å². The summed E-state index contributed by atoms with van der Waals surface area (Å²) in [5.74, 6) is 0.739. The van der Waals surface area contributed by atoms with Gasteiger partial charge in [-0.1, -0.05) is 24.3 Å². The Bertz CT molecular complexity index is 715. The van der Waals surface area contributed by atoms with Crippen molar-refractivity contribution in [2.45, 2.75) is 24.3 Å². The number of halogens is 3. The highest BCUT2D eigenvalue weighted by atomic mass is 32.2. The molecule has 2 nitrogen and oxygen atoms in total. The second-order valence-electron chi connectivity index (χ2n) is 5.92. The van der Waals surface area contributed by atoms with Gasteiger partial charge in [0.15, 0.2) is 0 Å². The lowest BCUT2D eigenvalue weighted by atomic mass is 10.1. The maximum absolute atomic E-state index is 12.8. The Hall–Kier alpha value is -1.47. The fourth-order valence-electron chi connectivity index (χ4n) is 2.87. The highest BCUT2D eigenvalue weighted by Crippen LogP contribution is 2.36. The minimum atomic E-state index is -4.38. The van der Waals surface area contributed by atoms with E-state index in [2.05, 4.69) is 11.4 Å². The van der Waals surface area contributed by atoms with E-state index in [-0.39, 0.29) is 12.3 Å². The molecular weight excluding hydrogens is 367 g/mol. The van der Waals surface area contributed by atoms with E-state index in [9.17, 15) is 18.0 Å². The molecule has 134 valence electrons. The van der Waals surface area contributed by atoms with Crippen molar-refractivity contribution in [1.82, 2.24) is 4.90 Å². The predicted molar refractivity (Wildman–Crippen MR) is 95.9 cm³/mol. The van der Waals surface area contributed by atoms with Crippen LogP contribution in [0.3, 0.4) is 0 Å². The summed E-state index contributed by atoms with van der Waals surface area (Å²) in [7, 11) is 0. The zero-order chi connectivity index (χ0) is 17.9. The van der Waals surface area contributed by atoms with E-state index >= 15 is 0 Å². The molecule has 1 saturated heterocycles. The molecule has 0 saturated carbocycles. The Labute approximate surface area is 153 Å². The number of alkyl halides is 3. The Morgan fingerprint density at radius 2 is 2.04 bits per heavy atom. The summed E-state index contributed by atoms with van der Waals surface area (Å²) < 4.78 is 38.4. The molecule has 1 aliphatic rings. The van der Waals surface area contributed by atoms with Crippen molar-refractivity contribution >= 4 is 29.0 Å². The third-order valence-corrected chi connectivity index (χ3v) is 6.61. The van der Waals surface area contributed by atoms with Crippen LogP contribution in [-0.4, -0.2) is 29.6 Å². The third kappa shape index (κ3) is 4.79. The van der Waals surface area contributed by atoms with Crippen LogP contribution < -0.4 is 0 Å². The minimum Gasteiger partial charge on any atom is -0.342 e. The van der Waals surface area contributed by atoms with E-state index in [0.29, 0.717) is 23.9 Å². The number of hydrogen-bond acceptors (Lipinski definition) is 3. The van der Waals surface area contributed by atoms with Crippen LogP contribution in [-0.2, 0) is 17.4 Å². The molecule has 0 N–H and O–H groups in total. The number of thioether (sulfide) groups is 1. The predicted octanol–water partition coefficient (Wildman–Crippen LogP) is 5.02. The molecule has 0 spiro atoms. The number of rotatable bonds is 3. The van der Waals surface area contributed by atoms with Crippen molar-refractivity contribution < 1.29 is 18.0 Å². The average molecular weight is 385 g/mol. The van der Waals surface area contributed by atoms with E-state index in [1.807, 2.05) is 17.8 Å². The molecule has 1 amide bonds.